The van der Waals surface area contributed by atoms with Gasteiger partial charge in [0, 0.05) is 25.7 Å². The topological polar surface area (TPSA) is 29.3 Å². The van der Waals surface area contributed by atoms with Crippen LogP contribution in [0.2, 0.25) is 0 Å². The molecule has 0 aromatic heterocycles. The highest BCUT2D eigenvalue weighted by Crippen LogP contribution is 2.24. The second-order valence-corrected chi connectivity index (χ2v) is 5.61. The third kappa shape index (κ3) is 3.14. The van der Waals surface area contributed by atoms with E-state index >= 15 is 0 Å². The zero-order valence-corrected chi connectivity index (χ0v) is 12.1. The van der Waals surface area contributed by atoms with Gasteiger partial charge in [0.05, 0.1) is 0 Å². The third-order valence-corrected chi connectivity index (χ3v) is 4.35. The Balaban J connectivity index is 1.80. The van der Waals surface area contributed by atoms with Crippen molar-refractivity contribution in [2.75, 3.05) is 19.6 Å². The molecule has 1 atom stereocenters. The van der Waals surface area contributed by atoms with Crippen molar-refractivity contribution in [3.8, 4) is 0 Å². The highest BCUT2D eigenvalue weighted by molar-refractivity contribution is 5.29. The Morgan fingerprint density at radius 1 is 1.00 bits per heavy atom. The molecule has 0 radical (unpaired) electrons. The van der Waals surface area contributed by atoms with E-state index in [-0.39, 0.29) is 11.9 Å². The van der Waals surface area contributed by atoms with Crippen LogP contribution in [0.1, 0.15) is 22.7 Å². The molecule has 3 rings (SSSR count). The third-order valence-electron chi connectivity index (χ3n) is 4.35. The normalized spacial score (nSPS) is 17.0. The fraction of sp³-hybridized carbons (Fsp3) is 0.333. The summed E-state index contributed by atoms with van der Waals surface area (Å²) in [7, 11) is 0. The number of nitrogens with two attached hydrogens (primary N) is 1. The zero-order chi connectivity index (χ0) is 14.7. The number of hydrogen-bond acceptors (Lipinski definition) is 2. The van der Waals surface area contributed by atoms with Gasteiger partial charge < -0.3 is 5.73 Å². The maximum atomic E-state index is 13.5. The first kappa shape index (κ1) is 14.2. The number of benzene rings is 2. The van der Waals surface area contributed by atoms with Crippen LogP contribution in [0.3, 0.4) is 0 Å². The highest BCUT2D eigenvalue weighted by Gasteiger charge is 2.22. The molecule has 2 nitrogen and oxygen atoms in total. The van der Waals surface area contributed by atoms with Gasteiger partial charge in [-0.15, -0.1) is 0 Å². The van der Waals surface area contributed by atoms with Gasteiger partial charge in [-0.3, -0.25) is 4.90 Å². The number of nitrogens with zero attached hydrogens (tertiary/aromatic N) is 1. The number of hydrogen-bond donors (Lipinski definition) is 1. The average Bonchev–Trinajstić information content (AvgIpc) is 2.71. The Morgan fingerprint density at radius 2 is 1.67 bits per heavy atom. The predicted octanol–water partition coefficient (Wildman–Crippen LogP) is 2.93. The van der Waals surface area contributed by atoms with E-state index in [0.717, 1.165) is 31.5 Å². The second-order valence-electron chi connectivity index (χ2n) is 5.61. The van der Waals surface area contributed by atoms with E-state index in [9.17, 15) is 4.39 Å². The first-order valence-corrected chi connectivity index (χ1v) is 7.54. The van der Waals surface area contributed by atoms with Gasteiger partial charge in [-0.2, -0.15) is 0 Å². The summed E-state index contributed by atoms with van der Waals surface area (Å²) in [5.74, 6) is -0.191. The molecule has 0 aliphatic carbocycles. The minimum Gasteiger partial charge on any atom is -0.329 e. The SMILES string of the molecule is NCC(c1cccc(F)c1)N1CCc2ccccc2CC1. The van der Waals surface area contributed by atoms with Crippen LogP contribution in [0, 0.1) is 5.82 Å². The summed E-state index contributed by atoms with van der Waals surface area (Å²) in [6.07, 6.45) is 2.06. The van der Waals surface area contributed by atoms with Crippen molar-refractivity contribution in [2.24, 2.45) is 5.73 Å². The largest absolute Gasteiger partial charge is 0.329 e. The standard InChI is InChI=1S/C18H21FN2/c19-17-7-3-6-16(12-17)18(13-20)21-10-8-14-4-1-2-5-15(14)9-11-21/h1-7,12,18H,8-11,13,20H2. The maximum absolute atomic E-state index is 13.5. The van der Waals surface area contributed by atoms with Crippen molar-refractivity contribution in [2.45, 2.75) is 18.9 Å². The van der Waals surface area contributed by atoms with Gasteiger partial charge in [-0.1, -0.05) is 36.4 Å². The maximum Gasteiger partial charge on any atom is 0.123 e. The van der Waals surface area contributed by atoms with Gasteiger partial charge in [0.1, 0.15) is 5.82 Å². The van der Waals surface area contributed by atoms with Gasteiger partial charge in [-0.25, -0.2) is 4.39 Å². The number of rotatable bonds is 3. The van der Waals surface area contributed by atoms with E-state index in [2.05, 4.69) is 29.2 Å². The molecule has 2 N–H and O–H groups in total. The van der Waals surface area contributed by atoms with Gasteiger partial charge in [0.15, 0.2) is 0 Å². The molecule has 1 aliphatic heterocycles. The lowest BCUT2D eigenvalue weighted by Crippen LogP contribution is -2.35. The molecule has 1 aliphatic rings. The molecule has 0 saturated carbocycles. The summed E-state index contributed by atoms with van der Waals surface area (Å²) in [5, 5.41) is 0. The Bertz CT molecular complexity index is 585. The molecule has 0 fully saturated rings. The molecule has 3 heteroatoms. The summed E-state index contributed by atoms with van der Waals surface area (Å²) < 4.78 is 13.5. The van der Waals surface area contributed by atoms with Crippen LogP contribution in [0.15, 0.2) is 48.5 Å². The molecule has 1 unspecified atom stereocenters. The summed E-state index contributed by atoms with van der Waals surface area (Å²) in [4.78, 5) is 2.38. The van der Waals surface area contributed by atoms with Crippen LogP contribution >= 0.6 is 0 Å². The molecule has 0 spiro atoms. The lowest BCUT2D eigenvalue weighted by Gasteiger charge is -2.30. The van der Waals surface area contributed by atoms with Crippen LogP contribution in [0.25, 0.3) is 0 Å². The smallest absolute Gasteiger partial charge is 0.123 e. The minimum atomic E-state index is -0.191. The van der Waals surface area contributed by atoms with Gasteiger partial charge in [0.2, 0.25) is 0 Å². The van der Waals surface area contributed by atoms with Crippen LogP contribution in [-0.4, -0.2) is 24.5 Å². The van der Waals surface area contributed by atoms with E-state index in [0.29, 0.717) is 6.54 Å². The van der Waals surface area contributed by atoms with E-state index < -0.39 is 0 Å². The zero-order valence-electron chi connectivity index (χ0n) is 12.1. The fourth-order valence-corrected chi connectivity index (χ4v) is 3.21. The van der Waals surface area contributed by atoms with Crippen LogP contribution < -0.4 is 5.73 Å². The number of halogens is 1. The van der Waals surface area contributed by atoms with Gasteiger partial charge in [0.25, 0.3) is 0 Å². The summed E-state index contributed by atoms with van der Waals surface area (Å²) in [5.41, 5.74) is 9.80. The molecule has 0 amide bonds. The van der Waals surface area contributed by atoms with Gasteiger partial charge >= 0.3 is 0 Å². The van der Waals surface area contributed by atoms with Crippen molar-refractivity contribution in [1.82, 2.24) is 4.90 Å². The number of fused-ring (bicyclic) bond motifs is 1. The van der Waals surface area contributed by atoms with Crippen molar-refractivity contribution < 1.29 is 4.39 Å². The molecule has 2 aromatic carbocycles. The molecule has 0 saturated heterocycles. The van der Waals surface area contributed by atoms with Crippen molar-refractivity contribution >= 4 is 0 Å². The second kappa shape index (κ2) is 6.37. The average molecular weight is 284 g/mol. The van der Waals surface area contributed by atoms with E-state index in [4.69, 9.17) is 5.73 Å². The molecule has 1 heterocycles. The van der Waals surface area contributed by atoms with E-state index in [1.807, 2.05) is 6.07 Å². The van der Waals surface area contributed by atoms with Crippen LogP contribution in [-0.2, 0) is 12.8 Å². The van der Waals surface area contributed by atoms with Crippen LogP contribution in [0.4, 0.5) is 4.39 Å². The van der Waals surface area contributed by atoms with Crippen molar-refractivity contribution in [3.05, 3.63) is 71.0 Å². The lowest BCUT2D eigenvalue weighted by molar-refractivity contribution is 0.211. The van der Waals surface area contributed by atoms with Gasteiger partial charge in [-0.05, 0) is 41.7 Å². The monoisotopic (exact) mass is 284 g/mol. The first-order chi connectivity index (χ1) is 10.3. The summed E-state index contributed by atoms with van der Waals surface area (Å²) in [6, 6.07) is 15.5. The molecule has 2 aromatic rings. The fourth-order valence-electron chi connectivity index (χ4n) is 3.21. The van der Waals surface area contributed by atoms with E-state index in [1.54, 1.807) is 12.1 Å². The highest BCUT2D eigenvalue weighted by atomic mass is 19.1. The molecule has 110 valence electrons. The molecular weight excluding hydrogens is 263 g/mol. The predicted molar refractivity (Wildman–Crippen MR) is 83.6 cm³/mol. The van der Waals surface area contributed by atoms with E-state index in [1.165, 1.54) is 17.2 Å². The van der Waals surface area contributed by atoms with Crippen molar-refractivity contribution in [3.63, 3.8) is 0 Å². The molecular formula is C18H21FN2. The Morgan fingerprint density at radius 3 is 2.24 bits per heavy atom. The van der Waals surface area contributed by atoms with Crippen molar-refractivity contribution in [1.29, 1.82) is 0 Å². The lowest BCUT2D eigenvalue weighted by atomic mass is 10.0. The summed E-state index contributed by atoms with van der Waals surface area (Å²) in [6.45, 7) is 2.45. The first-order valence-electron chi connectivity index (χ1n) is 7.54. The molecule has 0 bridgehead atoms. The van der Waals surface area contributed by atoms with Crippen LogP contribution in [0.5, 0.6) is 0 Å². The minimum absolute atomic E-state index is 0.0926. The Labute approximate surface area is 125 Å². The Hall–Kier alpha value is -1.71. The molecule has 21 heavy (non-hydrogen) atoms. The summed E-state index contributed by atoms with van der Waals surface area (Å²) >= 11 is 0. The quantitative estimate of drug-likeness (QED) is 0.939. The Kier molecular flexibility index (Phi) is 4.32.